The molecule has 0 aromatic carbocycles. The van der Waals surface area contributed by atoms with E-state index in [1.807, 2.05) is 48.5 Å². The minimum absolute atomic E-state index is 0.779. The highest BCUT2D eigenvalue weighted by Gasteiger charge is 2.41. The van der Waals surface area contributed by atoms with Crippen LogP contribution in [0.25, 0.3) is 0 Å². The first-order chi connectivity index (χ1) is 7.86. The average Bonchev–Trinajstić information content (AvgIpc) is 2.27. The molecule has 0 bridgehead atoms. The molecule has 0 saturated carbocycles. The fourth-order valence-corrected chi connectivity index (χ4v) is 3.28. The monoisotopic (exact) mass is 265 g/mol. The summed E-state index contributed by atoms with van der Waals surface area (Å²) in [7, 11) is 2.89. The Kier molecular flexibility index (Phi) is 8.13. The second kappa shape index (κ2) is 8.14. The van der Waals surface area contributed by atoms with Gasteiger partial charge in [-0.3, -0.25) is 13.6 Å². The zero-order valence-electron chi connectivity index (χ0n) is 12.2. The summed E-state index contributed by atoms with van der Waals surface area (Å²) in [5.74, 6) is 0. The number of hydrogen-bond acceptors (Lipinski definition) is 6. The zero-order valence-corrected chi connectivity index (χ0v) is 13.2. The van der Waals surface area contributed by atoms with Crippen LogP contribution in [0.1, 0.15) is 20.8 Å². The van der Waals surface area contributed by atoms with Crippen molar-refractivity contribution in [3.05, 3.63) is 0 Å². The number of rotatable bonds is 9. The quantitative estimate of drug-likeness (QED) is 0.461. The summed E-state index contributed by atoms with van der Waals surface area (Å²) in [6.07, 6.45) is 0. The first-order valence-corrected chi connectivity index (χ1v) is 8.30. The lowest BCUT2D eigenvalue weighted by Crippen LogP contribution is -2.53. The number of hydroxylamine groups is 6. The third-order valence-corrected chi connectivity index (χ3v) is 4.23. The second-order valence-corrected chi connectivity index (χ2v) is 6.24. The third kappa shape index (κ3) is 7.09. The molecule has 17 heavy (non-hydrogen) atoms. The molecule has 0 aliphatic heterocycles. The van der Waals surface area contributed by atoms with Gasteiger partial charge in [0, 0.05) is 47.3 Å². The minimum atomic E-state index is -2.72. The fraction of sp³-hybridized carbons (Fsp3) is 1.00. The highest BCUT2D eigenvalue weighted by atomic mass is 28.4. The van der Waals surface area contributed by atoms with Gasteiger partial charge < -0.3 is 0 Å². The van der Waals surface area contributed by atoms with Crippen LogP contribution in [0.15, 0.2) is 0 Å². The van der Waals surface area contributed by atoms with Crippen molar-refractivity contribution in [1.82, 2.24) is 15.2 Å². The van der Waals surface area contributed by atoms with Crippen LogP contribution in [0, 0.1) is 0 Å². The molecule has 0 atom stereocenters. The Morgan fingerprint density at radius 2 is 0.941 bits per heavy atom. The molecular formula is C10H27N3O3Si. The summed E-state index contributed by atoms with van der Waals surface area (Å²) in [6, 6.07) is 0. The Labute approximate surface area is 106 Å². The first kappa shape index (κ1) is 17.0. The van der Waals surface area contributed by atoms with Crippen molar-refractivity contribution in [2.75, 3.05) is 40.8 Å². The van der Waals surface area contributed by atoms with Crippen LogP contribution in [-0.2, 0) is 13.6 Å². The van der Waals surface area contributed by atoms with Gasteiger partial charge in [0.25, 0.3) is 0 Å². The molecule has 0 rings (SSSR count). The van der Waals surface area contributed by atoms with Crippen LogP contribution >= 0.6 is 0 Å². The Hall–Kier alpha value is -0.0231. The van der Waals surface area contributed by atoms with Crippen molar-refractivity contribution in [3.63, 3.8) is 0 Å². The van der Waals surface area contributed by atoms with E-state index in [0.717, 1.165) is 19.6 Å². The van der Waals surface area contributed by atoms with E-state index in [0.29, 0.717) is 0 Å². The molecule has 0 aromatic rings. The lowest BCUT2D eigenvalue weighted by Gasteiger charge is -2.34. The molecule has 0 N–H and O–H groups in total. The maximum absolute atomic E-state index is 5.78. The molecule has 0 spiro atoms. The maximum Gasteiger partial charge on any atom is 0.549 e. The summed E-state index contributed by atoms with van der Waals surface area (Å²) >= 11 is 0. The third-order valence-electron chi connectivity index (χ3n) is 2.30. The van der Waals surface area contributed by atoms with Crippen LogP contribution < -0.4 is 0 Å². The summed E-state index contributed by atoms with van der Waals surface area (Å²) in [5, 5.41) is 5.21. The zero-order chi connectivity index (χ0) is 13.5. The van der Waals surface area contributed by atoms with Crippen LogP contribution in [-0.4, -0.2) is 64.8 Å². The highest BCUT2D eigenvalue weighted by Crippen LogP contribution is 2.13. The van der Waals surface area contributed by atoms with Crippen LogP contribution in [0.5, 0.6) is 0 Å². The van der Waals surface area contributed by atoms with E-state index in [4.69, 9.17) is 13.6 Å². The van der Waals surface area contributed by atoms with Gasteiger partial charge in [0.15, 0.2) is 0 Å². The van der Waals surface area contributed by atoms with Gasteiger partial charge in [0.05, 0.1) is 0 Å². The Bertz CT molecular complexity index is 178. The molecule has 0 amide bonds. The summed E-state index contributed by atoms with van der Waals surface area (Å²) in [5.41, 5.74) is 0. The topological polar surface area (TPSA) is 37.4 Å². The predicted molar refractivity (Wildman–Crippen MR) is 69.8 cm³/mol. The molecule has 7 heteroatoms. The van der Waals surface area contributed by atoms with E-state index in [1.54, 1.807) is 15.2 Å². The normalized spacial score (nSPS) is 13.1. The molecule has 104 valence electrons. The van der Waals surface area contributed by atoms with E-state index in [-0.39, 0.29) is 0 Å². The molecule has 0 aliphatic rings. The first-order valence-electron chi connectivity index (χ1n) is 6.07. The van der Waals surface area contributed by atoms with E-state index in [9.17, 15) is 0 Å². The van der Waals surface area contributed by atoms with Crippen molar-refractivity contribution in [2.45, 2.75) is 27.3 Å². The average molecular weight is 265 g/mol. The molecular weight excluding hydrogens is 238 g/mol. The summed E-state index contributed by atoms with van der Waals surface area (Å²) in [4.78, 5) is 0. The number of nitrogens with zero attached hydrogens (tertiary/aromatic N) is 3. The molecule has 0 unspecified atom stereocenters. The fourth-order valence-electron chi connectivity index (χ4n) is 1.09. The van der Waals surface area contributed by atoms with Crippen LogP contribution in [0.2, 0.25) is 6.55 Å². The van der Waals surface area contributed by atoms with Gasteiger partial charge in [-0.25, -0.2) is 0 Å². The molecule has 6 nitrogen and oxygen atoms in total. The van der Waals surface area contributed by atoms with E-state index < -0.39 is 8.80 Å². The Balaban J connectivity index is 4.55. The van der Waals surface area contributed by atoms with Crippen molar-refractivity contribution in [2.24, 2.45) is 0 Å². The minimum Gasteiger partial charge on any atom is -0.284 e. The lowest BCUT2D eigenvalue weighted by atomic mass is 10.8. The van der Waals surface area contributed by atoms with E-state index >= 15 is 0 Å². The largest absolute Gasteiger partial charge is 0.549 e. The van der Waals surface area contributed by atoms with Gasteiger partial charge in [-0.2, -0.15) is 15.2 Å². The van der Waals surface area contributed by atoms with Crippen LogP contribution in [0.4, 0.5) is 0 Å². The maximum atomic E-state index is 5.78. The van der Waals surface area contributed by atoms with Crippen molar-refractivity contribution in [1.29, 1.82) is 0 Å². The predicted octanol–water partition coefficient (Wildman–Crippen LogP) is 1.20. The Morgan fingerprint density at radius 1 is 0.706 bits per heavy atom. The number of hydrogen-bond donors (Lipinski definition) is 0. The second-order valence-electron chi connectivity index (χ2n) is 3.97. The van der Waals surface area contributed by atoms with Gasteiger partial charge in [0.1, 0.15) is 0 Å². The summed E-state index contributed by atoms with van der Waals surface area (Å²) in [6.45, 7) is 10.3. The van der Waals surface area contributed by atoms with Gasteiger partial charge in [-0.1, -0.05) is 20.8 Å². The van der Waals surface area contributed by atoms with E-state index in [2.05, 4.69) is 0 Å². The van der Waals surface area contributed by atoms with Gasteiger partial charge in [-0.05, 0) is 0 Å². The van der Waals surface area contributed by atoms with Crippen molar-refractivity contribution in [3.8, 4) is 0 Å². The van der Waals surface area contributed by atoms with E-state index in [1.165, 1.54) is 0 Å². The van der Waals surface area contributed by atoms with Gasteiger partial charge in [0.2, 0.25) is 0 Å². The molecule has 0 radical (unpaired) electrons. The lowest BCUT2D eigenvalue weighted by molar-refractivity contribution is -0.205. The highest BCUT2D eigenvalue weighted by molar-refractivity contribution is 6.58. The molecule has 0 saturated heterocycles. The van der Waals surface area contributed by atoms with Crippen molar-refractivity contribution >= 4 is 8.80 Å². The molecule has 0 aliphatic carbocycles. The van der Waals surface area contributed by atoms with Crippen LogP contribution in [0.3, 0.4) is 0 Å². The molecule has 0 fully saturated rings. The smallest absolute Gasteiger partial charge is 0.284 e. The van der Waals surface area contributed by atoms with Gasteiger partial charge >= 0.3 is 8.80 Å². The molecule has 0 heterocycles. The SMILES string of the molecule is CCN(C)O[Si](C)(ON(C)CC)ON(C)CC. The van der Waals surface area contributed by atoms with Crippen molar-refractivity contribution < 1.29 is 13.6 Å². The molecule has 0 aromatic heterocycles. The Morgan fingerprint density at radius 3 is 1.12 bits per heavy atom. The standard InChI is InChI=1S/C10H27N3O3Si/c1-8-11(4)14-17(7,15-12(5)9-2)16-13(6)10-3/h8-10H2,1-7H3. The summed E-state index contributed by atoms with van der Waals surface area (Å²) < 4.78 is 17.3. The van der Waals surface area contributed by atoms with Gasteiger partial charge in [-0.15, -0.1) is 0 Å².